The molecule has 1 rings (SSSR count). The first-order valence-corrected chi connectivity index (χ1v) is 7.11. The van der Waals surface area contributed by atoms with Crippen LogP contribution in [0.3, 0.4) is 0 Å². The van der Waals surface area contributed by atoms with Gasteiger partial charge in [-0.3, -0.25) is 0 Å². The zero-order chi connectivity index (χ0) is 12.2. The van der Waals surface area contributed by atoms with Gasteiger partial charge in [0.2, 0.25) is 10.0 Å². The minimum atomic E-state index is -3.39. The Morgan fingerprint density at radius 3 is 2.50 bits per heavy atom. The molecule has 0 N–H and O–H groups in total. The lowest BCUT2D eigenvalue weighted by atomic mass is 10.2. The summed E-state index contributed by atoms with van der Waals surface area (Å²) in [7, 11) is -1.81. The summed E-state index contributed by atoms with van der Waals surface area (Å²) < 4.78 is 25.7. The number of alkyl halides is 1. The van der Waals surface area contributed by atoms with Crippen LogP contribution >= 0.6 is 11.6 Å². The van der Waals surface area contributed by atoms with Crippen molar-refractivity contribution in [2.75, 3.05) is 13.6 Å². The fourth-order valence-corrected chi connectivity index (χ4v) is 3.26. The second kappa shape index (κ2) is 5.66. The van der Waals surface area contributed by atoms with Crippen LogP contribution in [0.5, 0.6) is 0 Å². The number of nitrogens with zero attached hydrogens (tertiary/aromatic N) is 1. The summed E-state index contributed by atoms with van der Waals surface area (Å²) in [6.45, 7) is 2.46. The molecule has 0 radical (unpaired) electrons. The van der Waals surface area contributed by atoms with Crippen molar-refractivity contribution >= 4 is 21.6 Å². The molecule has 0 aliphatic rings. The Morgan fingerprint density at radius 2 is 1.94 bits per heavy atom. The third-order valence-corrected chi connectivity index (χ3v) is 4.59. The molecule has 3 nitrogen and oxygen atoms in total. The van der Waals surface area contributed by atoms with Crippen molar-refractivity contribution in [2.24, 2.45) is 0 Å². The molecule has 0 heterocycles. The normalized spacial score (nSPS) is 12.0. The Bertz CT molecular complexity index is 445. The van der Waals surface area contributed by atoms with Crippen molar-refractivity contribution in [1.29, 1.82) is 0 Å². The smallest absolute Gasteiger partial charge is 0.207 e. The third kappa shape index (κ3) is 2.75. The van der Waals surface area contributed by atoms with Crippen molar-refractivity contribution in [3.05, 3.63) is 29.8 Å². The summed E-state index contributed by atoms with van der Waals surface area (Å²) in [4.78, 5) is 0.306. The van der Waals surface area contributed by atoms with E-state index in [0.717, 1.165) is 6.42 Å². The van der Waals surface area contributed by atoms with E-state index in [1.165, 1.54) is 4.31 Å². The molecule has 0 atom stereocenters. The molecule has 1 aromatic rings. The second-order valence-corrected chi connectivity index (χ2v) is 5.85. The first-order chi connectivity index (χ1) is 7.54. The molecular formula is C11H16ClNO2S. The molecule has 16 heavy (non-hydrogen) atoms. The molecule has 0 saturated heterocycles. The van der Waals surface area contributed by atoms with Crippen molar-refractivity contribution in [2.45, 2.75) is 24.1 Å². The molecule has 0 saturated carbocycles. The van der Waals surface area contributed by atoms with Crippen LogP contribution in [0.2, 0.25) is 0 Å². The fourth-order valence-electron chi connectivity index (χ4n) is 1.47. The number of benzene rings is 1. The highest BCUT2D eigenvalue weighted by Crippen LogP contribution is 2.20. The standard InChI is InChI=1S/C11H16ClNO2S/c1-3-8-13(2)16(14,15)11-7-5-4-6-10(11)9-12/h4-7H,3,8-9H2,1-2H3. The van der Waals surface area contributed by atoms with E-state index in [9.17, 15) is 8.42 Å². The van der Waals surface area contributed by atoms with Gasteiger partial charge in [0.25, 0.3) is 0 Å². The van der Waals surface area contributed by atoms with E-state index in [2.05, 4.69) is 0 Å². The number of halogens is 1. The highest BCUT2D eigenvalue weighted by Gasteiger charge is 2.22. The molecule has 0 unspecified atom stereocenters. The van der Waals surface area contributed by atoms with Gasteiger partial charge in [-0.25, -0.2) is 12.7 Å². The summed E-state index contributed by atoms with van der Waals surface area (Å²) in [5.74, 6) is 0.204. The average Bonchev–Trinajstić information content (AvgIpc) is 2.29. The van der Waals surface area contributed by atoms with Gasteiger partial charge in [-0.05, 0) is 18.1 Å². The average molecular weight is 262 g/mol. The van der Waals surface area contributed by atoms with Crippen LogP contribution in [0.1, 0.15) is 18.9 Å². The summed E-state index contributed by atoms with van der Waals surface area (Å²) in [5, 5.41) is 0. The lowest BCUT2D eigenvalue weighted by Crippen LogP contribution is -2.28. The van der Waals surface area contributed by atoms with Gasteiger partial charge in [0.15, 0.2) is 0 Å². The SMILES string of the molecule is CCCN(C)S(=O)(=O)c1ccccc1CCl. The largest absolute Gasteiger partial charge is 0.243 e. The van der Waals surface area contributed by atoms with Crippen molar-refractivity contribution in [3.63, 3.8) is 0 Å². The number of hydrogen-bond acceptors (Lipinski definition) is 2. The first-order valence-electron chi connectivity index (χ1n) is 5.14. The molecule has 0 bridgehead atoms. The minimum Gasteiger partial charge on any atom is -0.207 e. The maximum Gasteiger partial charge on any atom is 0.243 e. The van der Waals surface area contributed by atoms with E-state index in [1.807, 2.05) is 6.92 Å². The van der Waals surface area contributed by atoms with E-state index in [1.54, 1.807) is 31.3 Å². The zero-order valence-electron chi connectivity index (χ0n) is 9.48. The Hall–Kier alpha value is -0.580. The van der Waals surface area contributed by atoms with Gasteiger partial charge in [-0.2, -0.15) is 0 Å². The van der Waals surface area contributed by atoms with Crippen LogP contribution in [0.15, 0.2) is 29.2 Å². The van der Waals surface area contributed by atoms with Gasteiger partial charge in [0.1, 0.15) is 0 Å². The molecule has 90 valence electrons. The third-order valence-electron chi connectivity index (χ3n) is 2.34. The van der Waals surface area contributed by atoms with Crippen LogP contribution in [-0.4, -0.2) is 26.3 Å². The van der Waals surface area contributed by atoms with E-state index < -0.39 is 10.0 Å². The molecule has 0 amide bonds. The highest BCUT2D eigenvalue weighted by molar-refractivity contribution is 7.89. The van der Waals surface area contributed by atoms with Gasteiger partial charge in [-0.1, -0.05) is 25.1 Å². The van der Waals surface area contributed by atoms with Crippen molar-refractivity contribution < 1.29 is 8.42 Å². The van der Waals surface area contributed by atoms with Crippen LogP contribution in [0, 0.1) is 0 Å². The second-order valence-electron chi connectivity index (χ2n) is 3.57. The molecule has 5 heteroatoms. The molecular weight excluding hydrogens is 246 g/mol. The monoisotopic (exact) mass is 261 g/mol. The maximum absolute atomic E-state index is 12.2. The van der Waals surface area contributed by atoms with Crippen LogP contribution < -0.4 is 0 Å². The van der Waals surface area contributed by atoms with Gasteiger partial charge in [0.05, 0.1) is 4.90 Å². The zero-order valence-corrected chi connectivity index (χ0v) is 11.1. The van der Waals surface area contributed by atoms with Gasteiger partial charge >= 0.3 is 0 Å². The Balaban J connectivity index is 3.16. The maximum atomic E-state index is 12.2. The quantitative estimate of drug-likeness (QED) is 0.764. The molecule has 1 aromatic carbocycles. The lowest BCUT2D eigenvalue weighted by Gasteiger charge is -2.17. The van der Waals surface area contributed by atoms with Crippen LogP contribution in [0.4, 0.5) is 0 Å². The number of sulfonamides is 1. The van der Waals surface area contributed by atoms with E-state index >= 15 is 0 Å². The topological polar surface area (TPSA) is 37.4 Å². The van der Waals surface area contributed by atoms with E-state index in [0.29, 0.717) is 17.0 Å². The van der Waals surface area contributed by atoms with Gasteiger partial charge in [-0.15, -0.1) is 11.6 Å². The summed E-state index contributed by atoms with van der Waals surface area (Å²) in [6, 6.07) is 6.83. The Kier molecular flexibility index (Phi) is 4.77. The van der Waals surface area contributed by atoms with Crippen molar-refractivity contribution in [3.8, 4) is 0 Å². The summed E-state index contributed by atoms with van der Waals surface area (Å²) in [6.07, 6.45) is 0.790. The molecule has 0 aliphatic heterocycles. The van der Waals surface area contributed by atoms with Crippen molar-refractivity contribution in [1.82, 2.24) is 4.31 Å². The number of hydrogen-bond donors (Lipinski definition) is 0. The van der Waals surface area contributed by atoms with Crippen LogP contribution in [-0.2, 0) is 15.9 Å². The van der Waals surface area contributed by atoms with Gasteiger partial charge < -0.3 is 0 Å². The summed E-state index contributed by atoms with van der Waals surface area (Å²) in [5.41, 5.74) is 0.645. The molecule has 0 fully saturated rings. The van der Waals surface area contributed by atoms with E-state index in [4.69, 9.17) is 11.6 Å². The van der Waals surface area contributed by atoms with Crippen LogP contribution in [0.25, 0.3) is 0 Å². The predicted octanol–water partition coefficient (Wildman–Crippen LogP) is 2.46. The molecule has 0 aliphatic carbocycles. The Morgan fingerprint density at radius 1 is 1.31 bits per heavy atom. The fraction of sp³-hybridized carbons (Fsp3) is 0.455. The Labute approximate surface area is 102 Å². The minimum absolute atomic E-state index is 0.204. The lowest BCUT2D eigenvalue weighted by molar-refractivity contribution is 0.468. The number of rotatable bonds is 5. The highest BCUT2D eigenvalue weighted by atomic mass is 35.5. The molecule has 0 spiro atoms. The predicted molar refractivity (Wildman–Crippen MR) is 66.1 cm³/mol. The van der Waals surface area contributed by atoms with E-state index in [-0.39, 0.29) is 5.88 Å². The van der Waals surface area contributed by atoms with Gasteiger partial charge in [0, 0.05) is 19.5 Å². The first kappa shape index (κ1) is 13.5. The molecule has 0 aromatic heterocycles. The summed E-state index contributed by atoms with van der Waals surface area (Å²) >= 11 is 5.74.